The SMILES string of the molecule is O=C(O)CCc1cn2c(n1)C(O)CCC2. The molecule has 2 heterocycles. The lowest BCUT2D eigenvalue weighted by molar-refractivity contribution is -0.136. The van der Waals surface area contributed by atoms with E-state index in [1.165, 1.54) is 0 Å². The van der Waals surface area contributed by atoms with Crippen LogP contribution in [-0.2, 0) is 17.8 Å². The van der Waals surface area contributed by atoms with Crippen LogP contribution in [0.3, 0.4) is 0 Å². The van der Waals surface area contributed by atoms with Gasteiger partial charge in [-0.3, -0.25) is 4.79 Å². The van der Waals surface area contributed by atoms with Gasteiger partial charge in [0.25, 0.3) is 0 Å². The topological polar surface area (TPSA) is 75.3 Å². The van der Waals surface area contributed by atoms with E-state index in [9.17, 15) is 9.90 Å². The molecule has 82 valence electrons. The summed E-state index contributed by atoms with van der Waals surface area (Å²) in [7, 11) is 0. The largest absolute Gasteiger partial charge is 0.481 e. The zero-order valence-corrected chi connectivity index (χ0v) is 8.39. The third-order valence-electron chi connectivity index (χ3n) is 2.63. The third-order valence-corrected chi connectivity index (χ3v) is 2.63. The number of fused-ring (bicyclic) bond motifs is 1. The first-order valence-corrected chi connectivity index (χ1v) is 5.12. The molecule has 0 aliphatic carbocycles. The minimum Gasteiger partial charge on any atom is -0.481 e. The van der Waals surface area contributed by atoms with E-state index in [4.69, 9.17) is 5.11 Å². The maximum atomic E-state index is 10.4. The number of aryl methyl sites for hydroxylation is 2. The second kappa shape index (κ2) is 4.02. The van der Waals surface area contributed by atoms with Gasteiger partial charge >= 0.3 is 5.97 Å². The summed E-state index contributed by atoms with van der Waals surface area (Å²) in [4.78, 5) is 14.6. The number of aliphatic carboxylic acids is 1. The summed E-state index contributed by atoms with van der Waals surface area (Å²) in [5, 5.41) is 18.2. The number of hydrogen-bond donors (Lipinski definition) is 2. The van der Waals surface area contributed by atoms with E-state index in [0.717, 1.165) is 25.1 Å². The number of aliphatic hydroxyl groups is 1. The highest BCUT2D eigenvalue weighted by atomic mass is 16.4. The van der Waals surface area contributed by atoms with Crippen molar-refractivity contribution in [2.75, 3.05) is 0 Å². The van der Waals surface area contributed by atoms with Crippen molar-refractivity contribution in [1.29, 1.82) is 0 Å². The van der Waals surface area contributed by atoms with E-state index in [-0.39, 0.29) is 6.42 Å². The molecule has 0 aromatic carbocycles. The molecule has 1 atom stereocenters. The van der Waals surface area contributed by atoms with Crippen molar-refractivity contribution >= 4 is 5.97 Å². The lowest BCUT2D eigenvalue weighted by Crippen LogP contribution is -2.14. The Morgan fingerprint density at radius 3 is 3.13 bits per heavy atom. The standard InChI is InChI=1S/C10H14N2O3/c13-8-2-1-5-12-6-7(11-10(8)12)3-4-9(14)15/h6,8,13H,1-5H2,(H,14,15). The number of carbonyl (C=O) groups is 1. The van der Waals surface area contributed by atoms with E-state index in [1.54, 1.807) is 0 Å². The van der Waals surface area contributed by atoms with Crippen LogP contribution in [0, 0.1) is 0 Å². The lowest BCUT2D eigenvalue weighted by atomic mass is 10.1. The minimum atomic E-state index is -0.818. The molecule has 2 N–H and O–H groups in total. The molecule has 1 aromatic rings. The molecule has 0 spiro atoms. The highest BCUT2D eigenvalue weighted by Gasteiger charge is 2.20. The highest BCUT2D eigenvalue weighted by molar-refractivity contribution is 5.66. The first-order chi connectivity index (χ1) is 7.16. The Bertz CT molecular complexity index is 373. The van der Waals surface area contributed by atoms with Gasteiger partial charge in [0.05, 0.1) is 12.1 Å². The van der Waals surface area contributed by atoms with Crippen LogP contribution in [0.25, 0.3) is 0 Å². The van der Waals surface area contributed by atoms with Gasteiger partial charge in [-0.05, 0) is 12.8 Å². The van der Waals surface area contributed by atoms with Crippen LogP contribution >= 0.6 is 0 Å². The molecule has 0 bridgehead atoms. The number of carboxylic acids is 1. The van der Waals surface area contributed by atoms with Gasteiger partial charge in [0, 0.05) is 19.2 Å². The van der Waals surface area contributed by atoms with Gasteiger partial charge in [0.2, 0.25) is 0 Å². The minimum absolute atomic E-state index is 0.0898. The van der Waals surface area contributed by atoms with Gasteiger partial charge in [0.1, 0.15) is 11.9 Å². The Kier molecular flexibility index (Phi) is 2.73. The maximum Gasteiger partial charge on any atom is 0.303 e. The highest BCUT2D eigenvalue weighted by Crippen LogP contribution is 2.24. The van der Waals surface area contributed by atoms with Crippen LogP contribution in [-0.4, -0.2) is 25.7 Å². The molecule has 5 nitrogen and oxygen atoms in total. The Balaban J connectivity index is 2.11. The summed E-state index contributed by atoms with van der Waals surface area (Å²) >= 11 is 0. The van der Waals surface area contributed by atoms with Crippen LogP contribution in [0.4, 0.5) is 0 Å². The summed E-state index contributed by atoms with van der Waals surface area (Å²) in [5.74, 6) is -0.136. The van der Waals surface area contributed by atoms with E-state index < -0.39 is 12.1 Å². The fourth-order valence-electron chi connectivity index (χ4n) is 1.87. The van der Waals surface area contributed by atoms with E-state index in [0.29, 0.717) is 12.2 Å². The average molecular weight is 210 g/mol. The number of imidazole rings is 1. The summed E-state index contributed by atoms with van der Waals surface area (Å²) in [6, 6.07) is 0. The molecule has 1 aromatic heterocycles. The lowest BCUT2D eigenvalue weighted by Gasteiger charge is -2.18. The van der Waals surface area contributed by atoms with Crippen molar-refractivity contribution in [1.82, 2.24) is 9.55 Å². The molecule has 0 saturated carbocycles. The number of rotatable bonds is 3. The van der Waals surface area contributed by atoms with Crippen molar-refractivity contribution in [3.8, 4) is 0 Å². The summed E-state index contributed by atoms with van der Waals surface area (Å²) in [6.45, 7) is 0.868. The zero-order chi connectivity index (χ0) is 10.8. The number of hydrogen-bond acceptors (Lipinski definition) is 3. The van der Waals surface area contributed by atoms with Crippen LogP contribution in [0.1, 0.15) is 36.9 Å². The molecule has 15 heavy (non-hydrogen) atoms. The summed E-state index contributed by atoms with van der Waals surface area (Å²) in [6.07, 6.45) is 3.57. The molecular weight excluding hydrogens is 196 g/mol. The molecular formula is C10H14N2O3. The Hall–Kier alpha value is -1.36. The van der Waals surface area contributed by atoms with Crippen molar-refractivity contribution in [2.24, 2.45) is 0 Å². The number of carboxylic acid groups (broad SMARTS) is 1. The number of aromatic nitrogens is 2. The van der Waals surface area contributed by atoms with Crippen molar-refractivity contribution in [2.45, 2.75) is 38.3 Å². The van der Waals surface area contributed by atoms with Crippen LogP contribution in [0.5, 0.6) is 0 Å². The van der Waals surface area contributed by atoms with Crippen LogP contribution in [0.15, 0.2) is 6.20 Å². The molecule has 0 fully saturated rings. The smallest absolute Gasteiger partial charge is 0.303 e. The molecule has 1 unspecified atom stereocenters. The van der Waals surface area contributed by atoms with Crippen molar-refractivity contribution in [3.05, 3.63) is 17.7 Å². The Morgan fingerprint density at radius 1 is 1.67 bits per heavy atom. The first kappa shape index (κ1) is 10.2. The van der Waals surface area contributed by atoms with Crippen LogP contribution < -0.4 is 0 Å². The number of aliphatic hydroxyl groups excluding tert-OH is 1. The Morgan fingerprint density at radius 2 is 2.47 bits per heavy atom. The van der Waals surface area contributed by atoms with Gasteiger partial charge in [-0.25, -0.2) is 4.98 Å². The second-order valence-electron chi connectivity index (χ2n) is 3.84. The third kappa shape index (κ3) is 2.18. The summed E-state index contributed by atoms with van der Waals surface area (Å²) in [5.41, 5.74) is 0.758. The van der Waals surface area contributed by atoms with Crippen molar-refractivity contribution in [3.63, 3.8) is 0 Å². The monoisotopic (exact) mass is 210 g/mol. The predicted molar refractivity (Wildman–Crippen MR) is 52.4 cm³/mol. The van der Waals surface area contributed by atoms with Gasteiger partial charge in [0.15, 0.2) is 0 Å². The molecule has 0 saturated heterocycles. The molecule has 1 aliphatic rings. The fraction of sp³-hybridized carbons (Fsp3) is 0.600. The van der Waals surface area contributed by atoms with Crippen molar-refractivity contribution < 1.29 is 15.0 Å². The summed E-state index contributed by atoms with van der Waals surface area (Å²) < 4.78 is 1.92. The Labute approximate surface area is 87.4 Å². The quantitative estimate of drug-likeness (QED) is 0.771. The van der Waals surface area contributed by atoms with Crippen LogP contribution in [0.2, 0.25) is 0 Å². The molecule has 1 aliphatic heterocycles. The predicted octanol–water partition coefficient (Wildman–Crippen LogP) is 0.727. The maximum absolute atomic E-state index is 10.4. The van der Waals surface area contributed by atoms with E-state index in [1.807, 2.05) is 10.8 Å². The first-order valence-electron chi connectivity index (χ1n) is 5.12. The second-order valence-corrected chi connectivity index (χ2v) is 3.84. The number of nitrogens with zero attached hydrogens (tertiary/aromatic N) is 2. The van der Waals surface area contributed by atoms with E-state index >= 15 is 0 Å². The van der Waals surface area contributed by atoms with E-state index in [2.05, 4.69) is 4.98 Å². The average Bonchev–Trinajstić information content (AvgIpc) is 2.59. The molecule has 5 heteroatoms. The van der Waals surface area contributed by atoms with Gasteiger partial charge < -0.3 is 14.8 Å². The molecule has 0 radical (unpaired) electrons. The molecule has 0 amide bonds. The molecule has 2 rings (SSSR count). The fourth-order valence-corrected chi connectivity index (χ4v) is 1.87. The van der Waals surface area contributed by atoms with Gasteiger partial charge in [-0.1, -0.05) is 0 Å². The zero-order valence-electron chi connectivity index (χ0n) is 8.39. The normalized spacial score (nSPS) is 19.9. The van der Waals surface area contributed by atoms with Gasteiger partial charge in [-0.15, -0.1) is 0 Å². The van der Waals surface area contributed by atoms with Gasteiger partial charge in [-0.2, -0.15) is 0 Å².